The number of hydrogen-bond donors (Lipinski definition) is 2. The minimum absolute atomic E-state index is 0.424. The predicted octanol–water partition coefficient (Wildman–Crippen LogP) is 3.63. The quantitative estimate of drug-likeness (QED) is 0.562. The summed E-state index contributed by atoms with van der Waals surface area (Å²) in [6, 6.07) is 0. The third-order valence-electron chi connectivity index (χ3n) is 2.19. The molecule has 0 fully saturated rings. The highest BCUT2D eigenvalue weighted by molar-refractivity contribution is 5.86. The molecule has 104 valence electrons. The Kier molecular flexibility index (Phi) is 12.4. The molecule has 0 saturated heterocycles. The highest BCUT2D eigenvalue weighted by Gasteiger charge is 1.96. The van der Waals surface area contributed by atoms with Crippen LogP contribution < -0.4 is 0 Å². The van der Waals surface area contributed by atoms with Gasteiger partial charge in [0, 0.05) is 11.1 Å². The number of unbranched alkanes of at least 4 members (excludes halogenated alkanes) is 2. The first-order chi connectivity index (χ1) is 8.36. The molecule has 0 heterocycles. The number of aliphatic carboxylic acids is 2. The Hall–Kier alpha value is -1.58. The van der Waals surface area contributed by atoms with Crippen LogP contribution in [0.4, 0.5) is 0 Å². The van der Waals surface area contributed by atoms with E-state index in [0.717, 1.165) is 25.7 Å². The van der Waals surface area contributed by atoms with Gasteiger partial charge in [0.05, 0.1) is 0 Å². The van der Waals surface area contributed by atoms with Crippen molar-refractivity contribution in [2.24, 2.45) is 0 Å². The van der Waals surface area contributed by atoms with E-state index in [2.05, 4.69) is 6.92 Å². The van der Waals surface area contributed by atoms with Crippen LogP contribution in [0.1, 0.15) is 53.4 Å². The van der Waals surface area contributed by atoms with E-state index in [1.165, 1.54) is 0 Å². The summed E-state index contributed by atoms with van der Waals surface area (Å²) >= 11 is 0. The second kappa shape index (κ2) is 11.9. The zero-order valence-corrected chi connectivity index (χ0v) is 11.7. The van der Waals surface area contributed by atoms with Crippen molar-refractivity contribution >= 4 is 11.9 Å². The van der Waals surface area contributed by atoms with Gasteiger partial charge in [-0.15, -0.1) is 0 Å². The lowest BCUT2D eigenvalue weighted by Crippen LogP contribution is -1.95. The van der Waals surface area contributed by atoms with E-state index in [1.807, 2.05) is 6.92 Å². The zero-order valence-electron chi connectivity index (χ0n) is 11.7. The number of hydrogen-bond acceptors (Lipinski definition) is 2. The Morgan fingerprint density at radius 1 is 0.944 bits per heavy atom. The van der Waals surface area contributed by atoms with Gasteiger partial charge in [0.25, 0.3) is 0 Å². The third-order valence-corrected chi connectivity index (χ3v) is 2.19. The Morgan fingerprint density at radius 2 is 1.39 bits per heavy atom. The molecule has 0 spiro atoms. The number of allylic oxidation sites excluding steroid dienone is 2. The summed E-state index contributed by atoms with van der Waals surface area (Å²) in [4.78, 5) is 20.2. The Bertz CT molecular complexity index is 314. The van der Waals surface area contributed by atoms with Crippen LogP contribution in [0.2, 0.25) is 0 Å². The van der Waals surface area contributed by atoms with Crippen molar-refractivity contribution in [1.82, 2.24) is 0 Å². The largest absolute Gasteiger partial charge is 0.478 e. The molecule has 2 N–H and O–H groups in total. The number of carboxylic acids is 2. The molecule has 18 heavy (non-hydrogen) atoms. The van der Waals surface area contributed by atoms with Crippen LogP contribution in [0, 0.1) is 0 Å². The molecule has 0 aliphatic carbocycles. The van der Waals surface area contributed by atoms with Gasteiger partial charge in [-0.2, -0.15) is 0 Å². The van der Waals surface area contributed by atoms with Gasteiger partial charge in [-0.3, -0.25) is 0 Å². The van der Waals surface area contributed by atoms with Gasteiger partial charge in [-0.05, 0) is 26.7 Å². The first-order valence-corrected chi connectivity index (χ1v) is 6.16. The summed E-state index contributed by atoms with van der Waals surface area (Å²) in [5.74, 6) is -1.64. The van der Waals surface area contributed by atoms with E-state index in [0.29, 0.717) is 11.1 Å². The maximum atomic E-state index is 10.2. The standard InChI is InChI=1S/C8H14O2.C6H10O2/c1-3-4-5-6-7(2)8(9)10;1-3-4-5(2)6(7)8/h6H,3-5H2,1-2H3,(H,9,10);4H,3H2,1-2H3,(H,7,8)/b7-6+;5-4+. The maximum absolute atomic E-state index is 10.2. The minimum Gasteiger partial charge on any atom is -0.478 e. The molecule has 4 nitrogen and oxygen atoms in total. The van der Waals surface area contributed by atoms with Gasteiger partial charge in [-0.1, -0.05) is 38.8 Å². The summed E-state index contributed by atoms with van der Waals surface area (Å²) in [6.07, 6.45) is 7.31. The van der Waals surface area contributed by atoms with E-state index >= 15 is 0 Å². The first-order valence-electron chi connectivity index (χ1n) is 6.16. The normalized spacial score (nSPS) is 11.6. The fourth-order valence-electron chi connectivity index (χ4n) is 1.00. The molecule has 0 aromatic rings. The van der Waals surface area contributed by atoms with Crippen molar-refractivity contribution in [2.75, 3.05) is 0 Å². The van der Waals surface area contributed by atoms with Gasteiger partial charge >= 0.3 is 11.9 Å². The van der Waals surface area contributed by atoms with Crippen LogP contribution in [-0.4, -0.2) is 22.2 Å². The van der Waals surface area contributed by atoms with Gasteiger partial charge in [0.2, 0.25) is 0 Å². The molecule has 4 heteroatoms. The van der Waals surface area contributed by atoms with Gasteiger partial charge < -0.3 is 10.2 Å². The van der Waals surface area contributed by atoms with Crippen LogP contribution in [0.5, 0.6) is 0 Å². The number of rotatable bonds is 6. The predicted molar refractivity (Wildman–Crippen MR) is 72.6 cm³/mol. The zero-order chi connectivity index (χ0) is 14.6. The van der Waals surface area contributed by atoms with Gasteiger partial charge in [0.1, 0.15) is 0 Å². The Morgan fingerprint density at radius 3 is 1.67 bits per heavy atom. The molecular weight excluding hydrogens is 232 g/mol. The SMILES string of the molecule is CC/C=C(\C)C(=O)O.CCCC/C=C(\C)C(=O)O. The van der Waals surface area contributed by atoms with Crippen molar-refractivity contribution in [2.45, 2.75) is 53.4 Å². The molecule has 0 amide bonds. The number of carbonyl (C=O) groups is 2. The van der Waals surface area contributed by atoms with Gasteiger partial charge in [0.15, 0.2) is 0 Å². The number of carboxylic acid groups (broad SMARTS) is 2. The summed E-state index contributed by atoms with van der Waals surface area (Å²) in [7, 11) is 0. The van der Waals surface area contributed by atoms with E-state index in [4.69, 9.17) is 10.2 Å². The lowest BCUT2D eigenvalue weighted by Gasteiger charge is -1.91. The van der Waals surface area contributed by atoms with Crippen molar-refractivity contribution in [3.8, 4) is 0 Å². The molecule has 0 saturated carbocycles. The van der Waals surface area contributed by atoms with Crippen LogP contribution in [-0.2, 0) is 9.59 Å². The molecule has 0 atom stereocenters. The van der Waals surface area contributed by atoms with E-state index in [1.54, 1.807) is 26.0 Å². The molecule has 0 aromatic carbocycles. The highest BCUT2D eigenvalue weighted by atomic mass is 16.4. The second-order valence-corrected chi connectivity index (χ2v) is 3.94. The highest BCUT2D eigenvalue weighted by Crippen LogP contribution is 2.00. The molecule has 0 radical (unpaired) electrons. The van der Waals surface area contributed by atoms with E-state index in [9.17, 15) is 9.59 Å². The summed E-state index contributed by atoms with van der Waals surface area (Å²) in [5, 5.41) is 16.7. The molecule has 0 unspecified atom stereocenters. The maximum Gasteiger partial charge on any atom is 0.330 e. The van der Waals surface area contributed by atoms with Crippen LogP contribution in [0.15, 0.2) is 23.3 Å². The van der Waals surface area contributed by atoms with Crippen molar-refractivity contribution in [1.29, 1.82) is 0 Å². The minimum atomic E-state index is -0.827. The molecule has 0 bridgehead atoms. The first kappa shape index (κ1) is 18.8. The molecule has 0 rings (SSSR count). The Labute approximate surface area is 109 Å². The summed E-state index contributed by atoms with van der Waals surface area (Å²) in [5.41, 5.74) is 0.876. The van der Waals surface area contributed by atoms with Crippen molar-refractivity contribution < 1.29 is 19.8 Å². The fraction of sp³-hybridized carbons (Fsp3) is 0.571. The topological polar surface area (TPSA) is 74.6 Å². The Balaban J connectivity index is 0. The molecular formula is C14H24O4. The van der Waals surface area contributed by atoms with Gasteiger partial charge in [-0.25, -0.2) is 9.59 Å². The second-order valence-electron chi connectivity index (χ2n) is 3.94. The van der Waals surface area contributed by atoms with Crippen LogP contribution in [0.3, 0.4) is 0 Å². The average molecular weight is 256 g/mol. The fourth-order valence-corrected chi connectivity index (χ4v) is 1.00. The molecule has 0 aromatic heterocycles. The monoisotopic (exact) mass is 256 g/mol. The lowest BCUT2D eigenvalue weighted by molar-refractivity contribution is -0.133. The van der Waals surface area contributed by atoms with E-state index in [-0.39, 0.29) is 0 Å². The third kappa shape index (κ3) is 12.5. The van der Waals surface area contributed by atoms with E-state index < -0.39 is 11.9 Å². The summed E-state index contributed by atoms with van der Waals surface area (Å²) < 4.78 is 0. The molecule has 0 aliphatic rings. The van der Waals surface area contributed by atoms with Crippen molar-refractivity contribution in [3.05, 3.63) is 23.3 Å². The smallest absolute Gasteiger partial charge is 0.330 e. The molecule has 0 aliphatic heterocycles. The van der Waals surface area contributed by atoms with Crippen LogP contribution in [0.25, 0.3) is 0 Å². The lowest BCUT2D eigenvalue weighted by atomic mass is 10.2. The van der Waals surface area contributed by atoms with Crippen LogP contribution >= 0.6 is 0 Å². The summed E-state index contributed by atoms with van der Waals surface area (Å²) in [6.45, 7) is 7.21. The average Bonchev–Trinajstić information content (AvgIpc) is 2.30. The van der Waals surface area contributed by atoms with Crippen molar-refractivity contribution in [3.63, 3.8) is 0 Å².